The molecule has 0 aliphatic rings. The molecule has 24 heavy (non-hydrogen) atoms. The lowest BCUT2D eigenvalue weighted by molar-refractivity contribution is -0.141. The number of aromatic carboxylic acids is 1. The van der Waals surface area contributed by atoms with Crippen LogP contribution >= 0.6 is 0 Å². The van der Waals surface area contributed by atoms with Crippen LogP contribution in [-0.4, -0.2) is 36.2 Å². The van der Waals surface area contributed by atoms with Crippen molar-refractivity contribution in [1.82, 2.24) is 0 Å². The third kappa shape index (κ3) is 5.12. The molecular weight excluding hydrogens is 314 g/mol. The second-order valence-corrected chi connectivity index (χ2v) is 4.66. The number of ether oxygens (including phenoxy) is 2. The number of anilines is 1. The largest absolute Gasteiger partial charge is 0.478 e. The fourth-order valence-electron chi connectivity index (χ4n) is 1.97. The highest BCUT2D eigenvalue weighted by molar-refractivity contribution is 6.02. The van der Waals surface area contributed by atoms with Gasteiger partial charge in [-0.1, -0.05) is 13.0 Å². The predicted octanol–water partition coefficient (Wildman–Crippen LogP) is 2.59. The molecule has 130 valence electrons. The van der Waals surface area contributed by atoms with Gasteiger partial charge in [-0.2, -0.15) is 0 Å². The van der Waals surface area contributed by atoms with E-state index in [0.717, 1.165) is 0 Å². The molecule has 7 nitrogen and oxygen atoms in total. The van der Waals surface area contributed by atoms with Crippen LogP contribution in [0.1, 0.15) is 37.6 Å². The van der Waals surface area contributed by atoms with Gasteiger partial charge in [0.25, 0.3) is 0 Å². The Kier molecular flexibility index (Phi) is 7.48. The smallest absolute Gasteiger partial charge is 0.355 e. The van der Waals surface area contributed by atoms with E-state index in [2.05, 4.69) is 5.32 Å². The number of nitrogens with one attached hydrogen (secondary N) is 1. The van der Waals surface area contributed by atoms with E-state index in [1.54, 1.807) is 26.8 Å². The van der Waals surface area contributed by atoms with Crippen molar-refractivity contribution in [2.75, 3.05) is 18.5 Å². The standard InChI is InChI=1S/C17H21NO6/c1-4-13(16(21)23-5-2)14(17(22)24-6-3)18-12-9-7-8-11(10-12)15(19)20/h7-10,18H,4-6H2,1-3H3,(H,19,20). The van der Waals surface area contributed by atoms with Gasteiger partial charge in [0.15, 0.2) is 0 Å². The first-order chi connectivity index (χ1) is 11.4. The minimum Gasteiger partial charge on any atom is -0.478 e. The maximum absolute atomic E-state index is 12.2. The van der Waals surface area contributed by atoms with E-state index in [-0.39, 0.29) is 36.5 Å². The lowest BCUT2D eigenvalue weighted by Crippen LogP contribution is -2.21. The van der Waals surface area contributed by atoms with Gasteiger partial charge < -0.3 is 19.9 Å². The predicted molar refractivity (Wildman–Crippen MR) is 87.6 cm³/mol. The Morgan fingerprint density at radius 3 is 2.21 bits per heavy atom. The number of esters is 2. The average Bonchev–Trinajstić information content (AvgIpc) is 2.55. The zero-order valence-electron chi connectivity index (χ0n) is 13.9. The molecule has 1 rings (SSSR count). The number of carbonyl (C=O) groups excluding carboxylic acids is 2. The molecule has 0 spiro atoms. The van der Waals surface area contributed by atoms with Crippen molar-refractivity contribution >= 4 is 23.6 Å². The number of benzene rings is 1. The van der Waals surface area contributed by atoms with Crippen molar-refractivity contribution in [3.05, 3.63) is 41.1 Å². The monoisotopic (exact) mass is 335 g/mol. The van der Waals surface area contributed by atoms with E-state index in [4.69, 9.17) is 14.6 Å². The maximum Gasteiger partial charge on any atom is 0.355 e. The summed E-state index contributed by atoms with van der Waals surface area (Å²) in [6, 6.07) is 5.90. The molecule has 0 radical (unpaired) electrons. The first-order valence-electron chi connectivity index (χ1n) is 7.62. The molecule has 0 fully saturated rings. The quantitative estimate of drug-likeness (QED) is 0.556. The van der Waals surface area contributed by atoms with Gasteiger partial charge >= 0.3 is 17.9 Å². The van der Waals surface area contributed by atoms with Gasteiger partial charge in [-0.3, -0.25) is 0 Å². The van der Waals surface area contributed by atoms with Gasteiger partial charge in [-0.15, -0.1) is 0 Å². The summed E-state index contributed by atoms with van der Waals surface area (Å²) >= 11 is 0. The van der Waals surface area contributed by atoms with Crippen LogP contribution in [0.5, 0.6) is 0 Å². The van der Waals surface area contributed by atoms with Gasteiger partial charge in [-0.25, -0.2) is 14.4 Å². The molecule has 0 atom stereocenters. The Balaban J connectivity index is 3.28. The molecule has 0 unspecified atom stereocenters. The highest BCUT2D eigenvalue weighted by Crippen LogP contribution is 2.19. The number of carbonyl (C=O) groups is 3. The van der Waals surface area contributed by atoms with Gasteiger partial charge in [0.1, 0.15) is 5.70 Å². The van der Waals surface area contributed by atoms with Crippen LogP contribution < -0.4 is 5.32 Å². The Bertz CT molecular complexity index is 650. The number of hydrogen-bond acceptors (Lipinski definition) is 6. The number of carboxylic acid groups (broad SMARTS) is 1. The summed E-state index contributed by atoms with van der Waals surface area (Å²) in [5.41, 5.74) is 0.488. The zero-order chi connectivity index (χ0) is 18.1. The van der Waals surface area contributed by atoms with Crippen molar-refractivity contribution < 1.29 is 29.0 Å². The van der Waals surface area contributed by atoms with Crippen molar-refractivity contribution in [3.63, 3.8) is 0 Å². The van der Waals surface area contributed by atoms with Crippen LogP contribution in [-0.2, 0) is 19.1 Å². The Hall–Kier alpha value is -2.83. The van der Waals surface area contributed by atoms with Gasteiger partial charge in [0, 0.05) is 5.69 Å². The molecule has 0 amide bonds. The summed E-state index contributed by atoms with van der Waals surface area (Å²) < 4.78 is 9.95. The normalized spacial score (nSPS) is 11.3. The van der Waals surface area contributed by atoms with Crippen LogP contribution in [0.15, 0.2) is 35.5 Å². The fourth-order valence-corrected chi connectivity index (χ4v) is 1.97. The highest BCUT2D eigenvalue weighted by atomic mass is 16.5. The molecule has 2 N–H and O–H groups in total. The van der Waals surface area contributed by atoms with Crippen LogP contribution in [0, 0.1) is 0 Å². The third-order valence-electron chi connectivity index (χ3n) is 3.04. The Morgan fingerprint density at radius 2 is 1.67 bits per heavy atom. The van der Waals surface area contributed by atoms with Crippen molar-refractivity contribution in [3.8, 4) is 0 Å². The fraction of sp³-hybridized carbons (Fsp3) is 0.353. The molecular formula is C17H21NO6. The molecule has 0 saturated carbocycles. The van der Waals surface area contributed by atoms with Gasteiger partial charge in [0.2, 0.25) is 0 Å². The van der Waals surface area contributed by atoms with Crippen LogP contribution in [0.25, 0.3) is 0 Å². The molecule has 0 aliphatic carbocycles. The third-order valence-corrected chi connectivity index (χ3v) is 3.04. The molecule has 1 aromatic rings. The molecule has 1 aromatic carbocycles. The highest BCUT2D eigenvalue weighted by Gasteiger charge is 2.22. The van der Waals surface area contributed by atoms with E-state index in [1.165, 1.54) is 18.2 Å². The van der Waals surface area contributed by atoms with Gasteiger partial charge in [-0.05, 0) is 38.5 Å². The Morgan fingerprint density at radius 1 is 1.04 bits per heavy atom. The van der Waals surface area contributed by atoms with E-state index in [1.807, 2.05) is 0 Å². The minimum atomic E-state index is -1.10. The van der Waals surface area contributed by atoms with E-state index < -0.39 is 17.9 Å². The molecule has 0 heterocycles. The summed E-state index contributed by atoms with van der Waals surface area (Å²) in [5.74, 6) is -2.42. The summed E-state index contributed by atoms with van der Waals surface area (Å²) in [6.45, 7) is 5.34. The number of hydrogen-bond donors (Lipinski definition) is 2. The van der Waals surface area contributed by atoms with E-state index in [0.29, 0.717) is 5.69 Å². The SMILES string of the molecule is CCOC(=O)C(CC)=C(Nc1cccc(C(=O)O)c1)C(=O)OCC. The van der Waals surface area contributed by atoms with E-state index >= 15 is 0 Å². The maximum atomic E-state index is 12.2. The number of carboxylic acids is 1. The molecule has 0 aromatic heterocycles. The van der Waals surface area contributed by atoms with Gasteiger partial charge in [0.05, 0.1) is 24.4 Å². The van der Waals surface area contributed by atoms with Crippen molar-refractivity contribution in [2.45, 2.75) is 27.2 Å². The van der Waals surface area contributed by atoms with Crippen LogP contribution in [0.2, 0.25) is 0 Å². The topological polar surface area (TPSA) is 102 Å². The Labute approximate surface area is 140 Å². The van der Waals surface area contributed by atoms with Crippen molar-refractivity contribution in [2.24, 2.45) is 0 Å². The summed E-state index contributed by atoms with van der Waals surface area (Å²) in [6.07, 6.45) is 0.249. The van der Waals surface area contributed by atoms with Crippen LogP contribution in [0.3, 0.4) is 0 Å². The lowest BCUT2D eigenvalue weighted by atomic mass is 10.1. The first kappa shape index (κ1) is 19.2. The average molecular weight is 335 g/mol. The second-order valence-electron chi connectivity index (χ2n) is 4.66. The zero-order valence-corrected chi connectivity index (χ0v) is 13.9. The summed E-state index contributed by atoms with van der Waals surface area (Å²) in [4.78, 5) is 35.3. The molecule has 7 heteroatoms. The molecule has 0 aliphatic heterocycles. The lowest BCUT2D eigenvalue weighted by Gasteiger charge is -2.15. The summed E-state index contributed by atoms with van der Waals surface area (Å²) in [7, 11) is 0. The minimum absolute atomic E-state index is 0.0531. The molecule has 0 saturated heterocycles. The summed E-state index contributed by atoms with van der Waals surface area (Å²) in [5, 5.41) is 11.8. The molecule has 0 bridgehead atoms. The second kappa shape index (κ2) is 9.34. The van der Waals surface area contributed by atoms with Crippen molar-refractivity contribution in [1.29, 1.82) is 0 Å². The van der Waals surface area contributed by atoms with Crippen LogP contribution in [0.4, 0.5) is 5.69 Å². The van der Waals surface area contributed by atoms with E-state index in [9.17, 15) is 14.4 Å². The number of rotatable bonds is 8. The first-order valence-corrected chi connectivity index (χ1v) is 7.62.